The van der Waals surface area contributed by atoms with Gasteiger partial charge in [0.25, 0.3) is 0 Å². The fourth-order valence-electron chi connectivity index (χ4n) is 3.12. The van der Waals surface area contributed by atoms with Gasteiger partial charge in [-0.1, -0.05) is 17.7 Å². The minimum atomic E-state index is 0.506. The quantitative estimate of drug-likeness (QED) is 0.293. The summed E-state index contributed by atoms with van der Waals surface area (Å²) in [4.78, 5) is 0. The van der Waals surface area contributed by atoms with Crippen LogP contribution in [0.1, 0.15) is 5.69 Å². The molecular weight excluding hydrogens is 440 g/mol. The topological polar surface area (TPSA) is 92.2 Å². The van der Waals surface area contributed by atoms with Crippen molar-refractivity contribution in [3.63, 3.8) is 0 Å². The molecule has 0 aliphatic heterocycles. The Morgan fingerprint density at radius 2 is 1.90 bits per heavy atom. The lowest BCUT2D eigenvalue weighted by Gasteiger charge is -2.16. The maximum Gasteiger partial charge on any atom is 0.239 e. The maximum atomic E-state index is 6.20. The Balaban J connectivity index is 1.64. The number of benzene rings is 1. The zero-order chi connectivity index (χ0) is 21.8. The number of ether oxygens (including phenoxy) is 2. The summed E-state index contributed by atoms with van der Waals surface area (Å²) >= 11 is 7.67. The molecule has 0 amide bonds. The highest BCUT2D eigenvalue weighted by Crippen LogP contribution is 2.38. The Labute approximate surface area is 188 Å². The van der Waals surface area contributed by atoms with Gasteiger partial charge in [0.05, 0.1) is 31.2 Å². The molecule has 3 aromatic heterocycles. The molecule has 4 rings (SSSR count). The minimum absolute atomic E-state index is 0.506. The lowest BCUT2D eigenvalue weighted by atomic mass is 10.2. The highest BCUT2D eigenvalue weighted by Gasteiger charge is 2.23. The fourth-order valence-corrected chi connectivity index (χ4v) is 4.05. The zero-order valence-corrected chi connectivity index (χ0v) is 18.8. The smallest absolute Gasteiger partial charge is 0.239 e. The summed E-state index contributed by atoms with van der Waals surface area (Å²) in [5.41, 5.74) is 1.52. The molecule has 1 N–H and O–H groups in total. The van der Waals surface area contributed by atoms with E-state index in [9.17, 15) is 0 Å². The monoisotopic (exact) mass is 460 g/mol. The number of nitrogens with zero attached hydrogens (tertiary/aromatic N) is 5. The van der Waals surface area contributed by atoms with E-state index in [2.05, 4.69) is 20.0 Å². The van der Waals surface area contributed by atoms with Gasteiger partial charge < -0.3 is 13.9 Å². The largest absolute Gasteiger partial charge is 0.494 e. The van der Waals surface area contributed by atoms with Gasteiger partial charge in [0.1, 0.15) is 17.2 Å². The van der Waals surface area contributed by atoms with Crippen LogP contribution in [0.5, 0.6) is 11.5 Å². The Kier molecular flexibility index (Phi) is 6.38. The number of rotatable bonds is 9. The molecule has 162 valence electrons. The first-order valence-corrected chi connectivity index (χ1v) is 10.7. The Morgan fingerprint density at radius 1 is 1.13 bits per heavy atom. The van der Waals surface area contributed by atoms with Gasteiger partial charge in [0, 0.05) is 25.4 Å². The SMILES string of the molecule is COc1cccc(OC)c1-n1c(NSCCc2nn(C)cc2Cl)nnc1-c1ccco1. The van der Waals surface area contributed by atoms with Gasteiger partial charge in [-0.3, -0.25) is 14.0 Å². The van der Waals surface area contributed by atoms with E-state index in [1.54, 1.807) is 37.4 Å². The summed E-state index contributed by atoms with van der Waals surface area (Å²) in [6, 6.07) is 9.18. The predicted octanol–water partition coefficient (Wildman–Crippen LogP) is 4.23. The number of methoxy groups -OCH3 is 2. The number of aromatic nitrogens is 5. The van der Waals surface area contributed by atoms with Crippen molar-refractivity contribution in [2.24, 2.45) is 7.05 Å². The van der Waals surface area contributed by atoms with Gasteiger partial charge in [-0.15, -0.1) is 10.2 Å². The molecule has 1 aromatic carbocycles. The van der Waals surface area contributed by atoms with Crippen LogP contribution in [0.2, 0.25) is 5.02 Å². The number of hydrogen-bond acceptors (Lipinski definition) is 8. The number of hydrogen-bond donors (Lipinski definition) is 1. The summed E-state index contributed by atoms with van der Waals surface area (Å²) < 4.78 is 23.5. The number of anilines is 1. The molecule has 0 spiro atoms. The first-order chi connectivity index (χ1) is 15.1. The molecule has 0 radical (unpaired) electrons. The molecule has 0 bridgehead atoms. The van der Waals surface area contributed by atoms with Crippen molar-refractivity contribution >= 4 is 29.5 Å². The van der Waals surface area contributed by atoms with Crippen LogP contribution >= 0.6 is 23.5 Å². The number of nitrogens with one attached hydrogen (secondary N) is 1. The molecule has 0 atom stereocenters. The van der Waals surface area contributed by atoms with Crippen LogP contribution in [0.3, 0.4) is 0 Å². The summed E-state index contributed by atoms with van der Waals surface area (Å²) in [5.74, 6) is 3.54. The second-order valence-electron chi connectivity index (χ2n) is 6.47. The molecular formula is C20H21ClN6O3S. The fraction of sp³-hybridized carbons (Fsp3) is 0.250. The molecule has 3 heterocycles. The number of para-hydroxylation sites is 1. The Hall–Kier alpha value is -3.11. The van der Waals surface area contributed by atoms with Gasteiger partial charge in [-0.05, 0) is 36.2 Å². The zero-order valence-electron chi connectivity index (χ0n) is 17.2. The van der Waals surface area contributed by atoms with E-state index in [0.29, 0.717) is 46.2 Å². The average Bonchev–Trinajstić information content (AvgIpc) is 3.50. The first kappa shape index (κ1) is 21.1. The lowest BCUT2D eigenvalue weighted by Crippen LogP contribution is -2.07. The van der Waals surface area contributed by atoms with Gasteiger partial charge in [-0.25, -0.2) is 0 Å². The van der Waals surface area contributed by atoms with Gasteiger partial charge in [-0.2, -0.15) is 5.10 Å². The summed E-state index contributed by atoms with van der Waals surface area (Å²) in [6.07, 6.45) is 4.08. The van der Waals surface area contributed by atoms with E-state index in [0.717, 1.165) is 11.4 Å². The molecule has 31 heavy (non-hydrogen) atoms. The van der Waals surface area contributed by atoms with E-state index in [-0.39, 0.29) is 0 Å². The van der Waals surface area contributed by atoms with Crippen molar-refractivity contribution in [2.45, 2.75) is 6.42 Å². The van der Waals surface area contributed by atoms with Crippen LogP contribution in [0.25, 0.3) is 17.3 Å². The molecule has 9 nitrogen and oxygen atoms in total. The third-order valence-corrected chi connectivity index (χ3v) is 5.54. The van der Waals surface area contributed by atoms with Crippen molar-refractivity contribution in [3.05, 3.63) is 53.5 Å². The van der Waals surface area contributed by atoms with E-state index >= 15 is 0 Å². The molecule has 4 aromatic rings. The minimum Gasteiger partial charge on any atom is -0.494 e. The van der Waals surface area contributed by atoms with Crippen LogP contribution in [0.4, 0.5) is 5.95 Å². The molecule has 0 aliphatic rings. The lowest BCUT2D eigenvalue weighted by molar-refractivity contribution is 0.391. The predicted molar refractivity (Wildman–Crippen MR) is 120 cm³/mol. The van der Waals surface area contributed by atoms with Crippen molar-refractivity contribution in [2.75, 3.05) is 24.7 Å². The highest BCUT2D eigenvalue weighted by atomic mass is 35.5. The van der Waals surface area contributed by atoms with Crippen LogP contribution in [-0.2, 0) is 13.5 Å². The first-order valence-electron chi connectivity index (χ1n) is 9.38. The molecule has 0 aliphatic carbocycles. The van der Waals surface area contributed by atoms with Crippen molar-refractivity contribution in [1.29, 1.82) is 0 Å². The van der Waals surface area contributed by atoms with E-state index in [1.807, 2.05) is 35.9 Å². The average molecular weight is 461 g/mol. The highest BCUT2D eigenvalue weighted by molar-refractivity contribution is 8.00. The number of furan rings is 1. The standard InChI is InChI=1S/C20H21ClN6O3S/c1-26-12-13(21)14(24-26)9-11-31-25-20-23-22-19(17-8-5-10-30-17)27(20)18-15(28-2)6-4-7-16(18)29-3/h4-8,10,12H,9,11H2,1-3H3,(H,23,25). The second-order valence-corrected chi connectivity index (χ2v) is 7.78. The molecule has 0 saturated heterocycles. The number of halogens is 1. The molecule has 11 heteroatoms. The molecule has 0 unspecified atom stereocenters. The van der Waals surface area contributed by atoms with Gasteiger partial charge in [0.15, 0.2) is 5.76 Å². The van der Waals surface area contributed by atoms with E-state index < -0.39 is 0 Å². The van der Waals surface area contributed by atoms with E-state index in [1.165, 1.54) is 11.9 Å². The third-order valence-electron chi connectivity index (χ3n) is 4.49. The normalized spacial score (nSPS) is 11.0. The van der Waals surface area contributed by atoms with Crippen molar-refractivity contribution < 1.29 is 13.9 Å². The van der Waals surface area contributed by atoms with Crippen LogP contribution < -0.4 is 14.2 Å². The van der Waals surface area contributed by atoms with Crippen LogP contribution in [0, 0.1) is 0 Å². The van der Waals surface area contributed by atoms with Gasteiger partial charge in [0.2, 0.25) is 11.8 Å². The molecule has 0 saturated carbocycles. The van der Waals surface area contributed by atoms with E-state index in [4.69, 9.17) is 25.5 Å². The van der Waals surface area contributed by atoms with Crippen molar-refractivity contribution in [3.8, 4) is 28.8 Å². The Bertz CT molecular complexity index is 1140. The van der Waals surface area contributed by atoms with Crippen molar-refractivity contribution in [1.82, 2.24) is 24.5 Å². The third kappa shape index (κ3) is 4.35. The summed E-state index contributed by atoms with van der Waals surface area (Å²) in [5, 5.41) is 13.7. The van der Waals surface area contributed by atoms with Crippen LogP contribution in [0.15, 0.2) is 47.2 Å². The number of aryl methyl sites for hydroxylation is 2. The molecule has 0 fully saturated rings. The van der Waals surface area contributed by atoms with Gasteiger partial charge >= 0.3 is 0 Å². The maximum absolute atomic E-state index is 6.20. The Morgan fingerprint density at radius 3 is 2.52 bits per heavy atom. The second kappa shape index (κ2) is 9.36. The summed E-state index contributed by atoms with van der Waals surface area (Å²) in [6.45, 7) is 0. The summed E-state index contributed by atoms with van der Waals surface area (Å²) in [7, 11) is 5.06. The van der Waals surface area contributed by atoms with Crippen LogP contribution in [-0.4, -0.2) is 44.5 Å².